The summed E-state index contributed by atoms with van der Waals surface area (Å²) in [5.74, 6) is -1.15. The van der Waals surface area contributed by atoms with Gasteiger partial charge in [-0.05, 0) is 12.0 Å². The first-order valence-electron chi connectivity index (χ1n) is 7.87. The van der Waals surface area contributed by atoms with Crippen molar-refractivity contribution < 1.29 is 24.5 Å². The van der Waals surface area contributed by atoms with Gasteiger partial charge >= 0.3 is 11.7 Å². The molecule has 2 rings (SSSR count). The molecule has 142 valence electrons. The molecule has 26 heavy (non-hydrogen) atoms. The molecule has 1 aliphatic heterocycles. The number of nitriles is 1. The number of esters is 1. The standard InChI is InChI=1S/C15H21N5O6/c1-7(2)10(18)13(23)25-11-8(5-21)26-15(6-16,12(11)22)20-4-3-9(17)19-14(20)24/h3-4,7-8,10-12,21-22H,5,18H2,1-2H3,(H2,17,19,24)/t8-,10+,11+,12?,15-/m1/s1. The Hall–Kier alpha value is -2.52. The molecule has 1 saturated heterocycles. The normalized spacial score (nSPS) is 29.3. The van der Waals surface area contributed by atoms with Gasteiger partial charge in [0.2, 0.25) is 0 Å². The second-order valence-electron chi connectivity index (χ2n) is 6.27. The highest BCUT2D eigenvalue weighted by atomic mass is 16.6. The SMILES string of the molecule is CC(C)[C@H](N)C(=O)O[C@@H]1C(O)[C@](C#N)(n2ccc(N)nc2=O)O[C@@H]1CO. The lowest BCUT2D eigenvalue weighted by molar-refractivity contribution is -0.159. The maximum Gasteiger partial charge on any atom is 0.352 e. The van der Waals surface area contributed by atoms with Crippen LogP contribution in [-0.4, -0.2) is 56.7 Å². The van der Waals surface area contributed by atoms with Crippen LogP contribution in [0.4, 0.5) is 5.82 Å². The molecule has 5 atom stereocenters. The monoisotopic (exact) mass is 367 g/mol. The minimum Gasteiger partial charge on any atom is -0.455 e. The van der Waals surface area contributed by atoms with Crippen molar-refractivity contribution in [3.05, 3.63) is 22.7 Å². The average molecular weight is 367 g/mol. The summed E-state index contributed by atoms with van der Waals surface area (Å²) in [5, 5.41) is 29.7. The molecule has 0 aromatic carbocycles. The molecular weight excluding hydrogens is 346 g/mol. The molecule has 0 bridgehead atoms. The van der Waals surface area contributed by atoms with E-state index in [1.807, 2.05) is 0 Å². The fourth-order valence-electron chi connectivity index (χ4n) is 2.57. The molecule has 0 saturated carbocycles. The van der Waals surface area contributed by atoms with Gasteiger partial charge in [-0.2, -0.15) is 10.2 Å². The third-order valence-corrected chi connectivity index (χ3v) is 4.18. The van der Waals surface area contributed by atoms with Gasteiger partial charge in [-0.3, -0.25) is 9.36 Å². The van der Waals surface area contributed by atoms with Crippen LogP contribution in [0.15, 0.2) is 17.1 Å². The molecule has 1 unspecified atom stereocenters. The highest BCUT2D eigenvalue weighted by molar-refractivity contribution is 5.76. The summed E-state index contributed by atoms with van der Waals surface area (Å²) in [6.45, 7) is 2.74. The van der Waals surface area contributed by atoms with E-state index in [4.69, 9.17) is 20.9 Å². The molecule has 1 aromatic heterocycles. The van der Waals surface area contributed by atoms with Gasteiger partial charge in [-0.15, -0.1) is 0 Å². The predicted molar refractivity (Wildman–Crippen MR) is 87.2 cm³/mol. The van der Waals surface area contributed by atoms with Crippen molar-refractivity contribution >= 4 is 11.8 Å². The fourth-order valence-corrected chi connectivity index (χ4v) is 2.57. The lowest BCUT2D eigenvalue weighted by Crippen LogP contribution is -2.51. The molecule has 0 radical (unpaired) electrons. The third kappa shape index (κ3) is 3.27. The van der Waals surface area contributed by atoms with Crippen LogP contribution in [0.25, 0.3) is 0 Å². The van der Waals surface area contributed by atoms with Crippen molar-refractivity contribution in [1.29, 1.82) is 5.26 Å². The minimum absolute atomic E-state index is 0.0866. The van der Waals surface area contributed by atoms with Crippen LogP contribution < -0.4 is 17.2 Å². The van der Waals surface area contributed by atoms with Crippen molar-refractivity contribution in [2.75, 3.05) is 12.3 Å². The molecule has 1 fully saturated rings. The van der Waals surface area contributed by atoms with E-state index >= 15 is 0 Å². The highest BCUT2D eigenvalue weighted by Gasteiger charge is 2.59. The summed E-state index contributed by atoms with van der Waals surface area (Å²) in [5.41, 5.74) is 7.94. The second kappa shape index (κ2) is 7.38. The van der Waals surface area contributed by atoms with Crippen LogP contribution in [0.5, 0.6) is 0 Å². The fraction of sp³-hybridized carbons (Fsp3) is 0.600. The summed E-state index contributed by atoms with van der Waals surface area (Å²) >= 11 is 0. The van der Waals surface area contributed by atoms with E-state index in [2.05, 4.69) is 4.98 Å². The number of anilines is 1. The van der Waals surface area contributed by atoms with Gasteiger partial charge in [0.15, 0.2) is 12.2 Å². The number of nitrogens with zero attached hydrogens (tertiary/aromatic N) is 3. The smallest absolute Gasteiger partial charge is 0.352 e. The number of aliphatic hydroxyl groups is 2. The maximum absolute atomic E-state index is 12.1. The molecule has 0 spiro atoms. The van der Waals surface area contributed by atoms with E-state index in [1.165, 1.54) is 6.07 Å². The van der Waals surface area contributed by atoms with Crippen LogP contribution in [-0.2, 0) is 20.0 Å². The van der Waals surface area contributed by atoms with Crippen molar-refractivity contribution in [2.24, 2.45) is 11.7 Å². The molecule has 1 aromatic rings. The maximum atomic E-state index is 12.1. The van der Waals surface area contributed by atoms with Crippen molar-refractivity contribution in [2.45, 2.75) is 43.9 Å². The largest absolute Gasteiger partial charge is 0.455 e. The molecule has 2 heterocycles. The first kappa shape index (κ1) is 19.8. The highest BCUT2D eigenvalue weighted by Crippen LogP contribution is 2.36. The number of carbonyl (C=O) groups is 1. The van der Waals surface area contributed by atoms with Crippen LogP contribution >= 0.6 is 0 Å². The van der Waals surface area contributed by atoms with E-state index in [0.717, 1.165) is 10.8 Å². The molecule has 11 heteroatoms. The zero-order chi connectivity index (χ0) is 19.6. The summed E-state index contributed by atoms with van der Waals surface area (Å²) in [6, 6.07) is 1.96. The lowest BCUT2D eigenvalue weighted by Gasteiger charge is -2.27. The zero-order valence-electron chi connectivity index (χ0n) is 14.3. The number of aromatic nitrogens is 2. The summed E-state index contributed by atoms with van der Waals surface area (Å²) in [7, 11) is 0. The number of nitrogen functional groups attached to an aromatic ring is 1. The Morgan fingerprint density at radius 1 is 1.62 bits per heavy atom. The van der Waals surface area contributed by atoms with Crippen LogP contribution in [0.3, 0.4) is 0 Å². The van der Waals surface area contributed by atoms with E-state index < -0.39 is 48.3 Å². The average Bonchev–Trinajstić information content (AvgIpc) is 2.87. The van der Waals surface area contributed by atoms with E-state index in [-0.39, 0.29) is 11.7 Å². The topological polar surface area (TPSA) is 187 Å². The van der Waals surface area contributed by atoms with E-state index in [9.17, 15) is 25.1 Å². The van der Waals surface area contributed by atoms with Crippen LogP contribution in [0.1, 0.15) is 13.8 Å². The predicted octanol–water partition coefficient (Wildman–Crippen LogP) is -2.35. The van der Waals surface area contributed by atoms with Crippen LogP contribution in [0, 0.1) is 17.2 Å². The Bertz CT molecular complexity index is 775. The van der Waals surface area contributed by atoms with E-state index in [1.54, 1.807) is 19.9 Å². The Morgan fingerprint density at radius 2 is 2.27 bits per heavy atom. The molecule has 6 N–H and O–H groups in total. The van der Waals surface area contributed by atoms with Crippen molar-refractivity contribution in [1.82, 2.24) is 9.55 Å². The van der Waals surface area contributed by atoms with Crippen molar-refractivity contribution in [3.63, 3.8) is 0 Å². The number of nitrogens with two attached hydrogens (primary N) is 2. The minimum atomic E-state index is -2.25. The Morgan fingerprint density at radius 3 is 2.77 bits per heavy atom. The number of ether oxygens (including phenoxy) is 2. The lowest BCUT2D eigenvalue weighted by atomic mass is 10.0. The first-order chi connectivity index (χ1) is 12.2. The van der Waals surface area contributed by atoms with Gasteiger partial charge in [0.05, 0.1) is 6.61 Å². The van der Waals surface area contributed by atoms with Gasteiger partial charge in [-0.1, -0.05) is 13.8 Å². The van der Waals surface area contributed by atoms with Crippen LogP contribution in [0.2, 0.25) is 0 Å². The molecule has 0 amide bonds. The second-order valence-corrected chi connectivity index (χ2v) is 6.27. The van der Waals surface area contributed by atoms with Gasteiger partial charge in [-0.25, -0.2) is 4.79 Å². The summed E-state index contributed by atoms with van der Waals surface area (Å²) in [4.78, 5) is 27.7. The van der Waals surface area contributed by atoms with Gasteiger partial charge in [0.25, 0.3) is 5.72 Å². The number of aliphatic hydroxyl groups excluding tert-OH is 2. The molecule has 1 aliphatic rings. The number of hydrogen-bond donors (Lipinski definition) is 4. The quantitative estimate of drug-likeness (QED) is 0.410. The molecule has 11 nitrogen and oxygen atoms in total. The summed E-state index contributed by atoms with van der Waals surface area (Å²) in [6.07, 6.45) is -3.33. The first-order valence-corrected chi connectivity index (χ1v) is 7.87. The number of carbonyl (C=O) groups excluding carboxylic acids is 1. The Balaban J connectivity index is 2.41. The number of hydrogen-bond acceptors (Lipinski definition) is 10. The van der Waals surface area contributed by atoms with Crippen molar-refractivity contribution in [3.8, 4) is 6.07 Å². The zero-order valence-corrected chi connectivity index (χ0v) is 14.3. The van der Waals surface area contributed by atoms with E-state index in [0.29, 0.717) is 0 Å². The molecule has 0 aliphatic carbocycles. The van der Waals surface area contributed by atoms with Gasteiger partial charge < -0.3 is 31.2 Å². The number of rotatable bonds is 5. The molecular formula is C15H21N5O6. The third-order valence-electron chi connectivity index (χ3n) is 4.18. The van der Waals surface area contributed by atoms with Gasteiger partial charge in [0.1, 0.15) is 24.0 Å². The summed E-state index contributed by atoms with van der Waals surface area (Å²) < 4.78 is 11.3. The Labute approximate surface area is 148 Å². The Kier molecular flexibility index (Phi) is 5.62. The van der Waals surface area contributed by atoms with Gasteiger partial charge in [0, 0.05) is 6.20 Å².